The number of carbonyl (C=O) groups excluding carboxylic acids is 1. The average Bonchev–Trinajstić information content (AvgIpc) is 2.20. The highest BCUT2D eigenvalue weighted by Crippen LogP contribution is 2.03. The predicted octanol–water partition coefficient (Wildman–Crippen LogP) is 0.999. The van der Waals surface area contributed by atoms with E-state index in [1.807, 2.05) is 25.7 Å². The number of nitrogens with two attached hydrogens (primary N) is 1. The van der Waals surface area contributed by atoms with Gasteiger partial charge in [0.25, 0.3) is 0 Å². The summed E-state index contributed by atoms with van der Waals surface area (Å²) in [6.07, 6.45) is 1.35. The van der Waals surface area contributed by atoms with Crippen molar-refractivity contribution in [3.8, 4) is 0 Å². The first-order valence-electron chi connectivity index (χ1n) is 5.70. The fourth-order valence-electron chi connectivity index (χ4n) is 1.42. The summed E-state index contributed by atoms with van der Waals surface area (Å²) >= 11 is 0. The molecule has 0 atom stereocenters. The highest BCUT2D eigenvalue weighted by Gasteiger charge is 2.14. The number of ether oxygens (including phenoxy) is 1. The second-order valence-electron chi connectivity index (χ2n) is 3.77. The highest BCUT2D eigenvalue weighted by molar-refractivity contribution is 5.76. The smallest absolute Gasteiger partial charge is 0.222 e. The van der Waals surface area contributed by atoms with Crippen molar-refractivity contribution in [1.29, 1.82) is 0 Å². The van der Waals surface area contributed by atoms with Crippen LogP contribution in [0.25, 0.3) is 0 Å². The molecule has 2 N–H and O–H groups in total. The third kappa shape index (κ3) is 6.47. The highest BCUT2D eigenvalue weighted by atomic mass is 16.5. The summed E-state index contributed by atoms with van der Waals surface area (Å²) in [5, 5.41) is 0. The Balaban J connectivity index is 3.82. The van der Waals surface area contributed by atoms with E-state index < -0.39 is 0 Å². The van der Waals surface area contributed by atoms with Crippen molar-refractivity contribution >= 4 is 5.91 Å². The molecule has 0 saturated carbocycles. The van der Waals surface area contributed by atoms with Gasteiger partial charge in [0.2, 0.25) is 5.91 Å². The number of hydrogen-bond donors (Lipinski definition) is 1. The minimum Gasteiger partial charge on any atom is -0.382 e. The van der Waals surface area contributed by atoms with E-state index in [0.717, 1.165) is 6.42 Å². The maximum Gasteiger partial charge on any atom is 0.222 e. The molecule has 0 unspecified atom stereocenters. The van der Waals surface area contributed by atoms with Crippen LogP contribution in [-0.4, -0.2) is 43.2 Å². The van der Waals surface area contributed by atoms with Gasteiger partial charge in [-0.3, -0.25) is 4.79 Å². The first kappa shape index (κ1) is 14.4. The SMILES string of the molecule is CCOCCCC(=O)N(CCN)C(C)C. The van der Waals surface area contributed by atoms with Gasteiger partial charge < -0.3 is 15.4 Å². The molecule has 4 nitrogen and oxygen atoms in total. The van der Waals surface area contributed by atoms with Gasteiger partial charge in [0.05, 0.1) is 0 Å². The zero-order valence-electron chi connectivity index (χ0n) is 10.2. The molecule has 0 aliphatic rings. The summed E-state index contributed by atoms with van der Waals surface area (Å²) < 4.78 is 5.19. The van der Waals surface area contributed by atoms with Gasteiger partial charge in [-0.2, -0.15) is 0 Å². The van der Waals surface area contributed by atoms with Crippen LogP contribution in [0.2, 0.25) is 0 Å². The van der Waals surface area contributed by atoms with E-state index in [0.29, 0.717) is 32.7 Å². The van der Waals surface area contributed by atoms with E-state index in [1.54, 1.807) is 0 Å². The molecule has 15 heavy (non-hydrogen) atoms. The molecule has 0 aromatic rings. The number of carbonyl (C=O) groups is 1. The lowest BCUT2D eigenvalue weighted by Crippen LogP contribution is -2.40. The van der Waals surface area contributed by atoms with E-state index >= 15 is 0 Å². The molecule has 0 bridgehead atoms. The standard InChI is InChI=1S/C11H24N2O2/c1-4-15-9-5-6-11(14)13(8-7-12)10(2)3/h10H,4-9,12H2,1-3H3. The van der Waals surface area contributed by atoms with Crippen LogP contribution in [0.15, 0.2) is 0 Å². The Bertz CT molecular complexity index is 172. The largest absolute Gasteiger partial charge is 0.382 e. The second-order valence-corrected chi connectivity index (χ2v) is 3.77. The Morgan fingerprint density at radius 2 is 2.13 bits per heavy atom. The Hall–Kier alpha value is -0.610. The molecule has 0 aromatic carbocycles. The number of nitrogens with zero attached hydrogens (tertiary/aromatic N) is 1. The molecular weight excluding hydrogens is 192 g/mol. The fraction of sp³-hybridized carbons (Fsp3) is 0.909. The Morgan fingerprint density at radius 3 is 2.60 bits per heavy atom. The van der Waals surface area contributed by atoms with Crippen LogP contribution in [-0.2, 0) is 9.53 Å². The monoisotopic (exact) mass is 216 g/mol. The van der Waals surface area contributed by atoms with Crippen LogP contribution in [0.5, 0.6) is 0 Å². The molecule has 0 spiro atoms. The number of hydrogen-bond acceptors (Lipinski definition) is 3. The van der Waals surface area contributed by atoms with E-state index in [1.165, 1.54) is 0 Å². The third-order valence-corrected chi connectivity index (χ3v) is 2.20. The molecule has 90 valence electrons. The van der Waals surface area contributed by atoms with Crippen LogP contribution >= 0.6 is 0 Å². The van der Waals surface area contributed by atoms with E-state index in [9.17, 15) is 4.79 Å². The summed E-state index contributed by atoms with van der Waals surface area (Å²) in [7, 11) is 0. The topological polar surface area (TPSA) is 55.6 Å². The first-order chi connectivity index (χ1) is 7.13. The summed E-state index contributed by atoms with van der Waals surface area (Å²) in [6.45, 7) is 8.52. The maximum absolute atomic E-state index is 11.8. The summed E-state index contributed by atoms with van der Waals surface area (Å²) in [4.78, 5) is 13.6. The fourth-order valence-corrected chi connectivity index (χ4v) is 1.42. The van der Waals surface area contributed by atoms with Crippen molar-refractivity contribution in [3.63, 3.8) is 0 Å². The number of amides is 1. The lowest BCUT2D eigenvalue weighted by Gasteiger charge is -2.26. The van der Waals surface area contributed by atoms with Gasteiger partial charge in [0.1, 0.15) is 0 Å². The van der Waals surface area contributed by atoms with Crippen molar-refractivity contribution in [1.82, 2.24) is 4.90 Å². The van der Waals surface area contributed by atoms with Gasteiger partial charge in [0, 0.05) is 38.8 Å². The zero-order valence-corrected chi connectivity index (χ0v) is 10.2. The maximum atomic E-state index is 11.8. The molecule has 0 aliphatic carbocycles. The third-order valence-electron chi connectivity index (χ3n) is 2.20. The van der Waals surface area contributed by atoms with Gasteiger partial charge in [-0.05, 0) is 27.2 Å². The minimum atomic E-state index is 0.176. The molecule has 1 amide bonds. The lowest BCUT2D eigenvalue weighted by molar-refractivity contribution is -0.133. The Morgan fingerprint density at radius 1 is 1.47 bits per heavy atom. The molecule has 0 radical (unpaired) electrons. The summed E-state index contributed by atoms with van der Waals surface area (Å²) in [6, 6.07) is 0.230. The molecule has 0 fully saturated rings. The number of rotatable bonds is 8. The van der Waals surface area contributed by atoms with Gasteiger partial charge >= 0.3 is 0 Å². The van der Waals surface area contributed by atoms with Crippen molar-refractivity contribution in [2.24, 2.45) is 5.73 Å². The second kappa shape index (κ2) is 8.68. The van der Waals surface area contributed by atoms with Crippen LogP contribution in [0.4, 0.5) is 0 Å². The van der Waals surface area contributed by atoms with E-state index in [-0.39, 0.29) is 11.9 Å². The lowest BCUT2D eigenvalue weighted by atomic mass is 10.2. The van der Waals surface area contributed by atoms with Gasteiger partial charge in [-0.25, -0.2) is 0 Å². The van der Waals surface area contributed by atoms with E-state index in [2.05, 4.69) is 0 Å². The van der Waals surface area contributed by atoms with Crippen LogP contribution in [0.1, 0.15) is 33.6 Å². The quantitative estimate of drug-likeness (QED) is 0.616. The zero-order chi connectivity index (χ0) is 11.7. The van der Waals surface area contributed by atoms with Gasteiger partial charge in [-0.15, -0.1) is 0 Å². The van der Waals surface area contributed by atoms with Crippen LogP contribution in [0.3, 0.4) is 0 Å². The molecule has 0 rings (SSSR count). The molecule has 4 heteroatoms. The van der Waals surface area contributed by atoms with Crippen LogP contribution in [0, 0.1) is 0 Å². The summed E-state index contributed by atoms with van der Waals surface area (Å²) in [5.41, 5.74) is 5.46. The normalized spacial score (nSPS) is 10.7. The summed E-state index contributed by atoms with van der Waals surface area (Å²) in [5.74, 6) is 0.176. The average molecular weight is 216 g/mol. The molecular formula is C11H24N2O2. The first-order valence-corrected chi connectivity index (χ1v) is 5.70. The van der Waals surface area contributed by atoms with E-state index in [4.69, 9.17) is 10.5 Å². The molecule has 0 heterocycles. The molecule has 0 aromatic heterocycles. The van der Waals surface area contributed by atoms with Crippen molar-refractivity contribution in [3.05, 3.63) is 0 Å². The van der Waals surface area contributed by atoms with Gasteiger partial charge in [0.15, 0.2) is 0 Å². The van der Waals surface area contributed by atoms with Crippen molar-refractivity contribution in [2.45, 2.75) is 39.7 Å². The van der Waals surface area contributed by atoms with Crippen LogP contribution < -0.4 is 5.73 Å². The Kier molecular flexibility index (Phi) is 8.33. The molecule has 0 aliphatic heterocycles. The van der Waals surface area contributed by atoms with Crippen molar-refractivity contribution in [2.75, 3.05) is 26.3 Å². The Labute approximate surface area is 92.8 Å². The van der Waals surface area contributed by atoms with Crippen molar-refractivity contribution < 1.29 is 9.53 Å². The predicted molar refractivity (Wildman–Crippen MR) is 61.6 cm³/mol. The molecule has 0 saturated heterocycles. The minimum absolute atomic E-state index is 0.176. The van der Waals surface area contributed by atoms with Gasteiger partial charge in [-0.1, -0.05) is 0 Å².